The first-order valence-corrected chi connectivity index (χ1v) is 6.67. The number of nitrogens with one attached hydrogen (secondary N) is 1. The van der Waals surface area contributed by atoms with E-state index in [0.29, 0.717) is 11.9 Å². The van der Waals surface area contributed by atoms with Gasteiger partial charge in [0.15, 0.2) is 0 Å². The molecule has 0 unspecified atom stereocenters. The van der Waals surface area contributed by atoms with Gasteiger partial charge in [-0.2, -0.15) is 0 Å². The molecule has 1 saturated carbocycles. The minimum atomic E-state index is -0.0599. The molecule has 1 aliphatic heterocycles. The summed E-state index contributed by atoms with van der Waals surface area (Å²) in [5, 5.41) is 3.35. The van der Waals surface area contributed by atoms with Crippen molar-refractivity contribution in [1.82, 2.24) is 10.2 Å². The minimum Gasteiger partial charge on any atom is -0.342 e. The number of amides is 1. The smallest absolute Gasteiger partial charge is 0.228 e. The van der Waals surface area contributed by atoms with Crippen LogP contribution in [-0.4, -0.2) is 37.0 Å². The molecule has 3 heteroatoms. The van der Waals surface area contributed by atoms with E-state index in [2.05, 4.69) is 12.2 Å². The van der Waals surface area contributed by atoms with Crippen molar-refractivity contribution in [3.8, 4) is 0 Å². The predicted octanol–water partition coefficient (Wildman–Crippen LogP) is 1.78. The van der Waals surface area contributed by atoms with E-state index in [9.17, 15) is 4.79 Å². The third-order valence-electron chi connectivity index (χ3n) is 4.63. The first-order chi connectivity index (χ1) is 7.69. The van der Waals surface area contributed by atoms with Crippen LogP contribution in [0.25, 0.3) is 0 Å². The number of hydrogen-bond acceptors (Lipinski definition) is 2. The molecular formula is C13H24N2O. The molecule has 2 aliphatic rings. The van der Waals surface area contributed by atoms with Crippen molar-refractivity contribution in [2.45, 2.75) is 51.5 Å². The fourth-order valence-corrected chi connectivity index (χ4v) is 2.94. The van der Waals surface area contributed by atoms with Crippen LogP contribution < -0.4 is 5.32 Å². The Hall–Kier alpha value is -0.570. The first-order valence-electron chi connectivity index (χ1n) is 6.67. The third-order valence-corrected chi connectivity index (χ3v) is 4.63. The van der Waals surface area contributed by atoms with Gasteiger partial charge in [-0.1, -0.05) is 6.92 Å². The molecule has 2 fully saturated rings. The SMILES string of the molecule is CCC1(C(=O)N(C)C2CCC2)CCNCC1. The summed E-state index contributed by atoms with van der Waals surface area (Å²) in [5.74, 6) is 0.404. The summed E-state index contributed by atoms with van der Waals surface area (Å²) in [7, 11) is 2.01. The van der Waals surface area contributed by atoms with Crippen molar-refractivity contribution in [2.75, 3.05) is 20.1 Å². The Morgan fingerprint density at radius 2 is 2.00 bits per heavy atom. The summed E-state index contributed by atoms with van der Waals surface area (Å²) >= 11 is 0. The van der Waals surface area contributed by atoms with E-state index >= 15 is 0 Å². The average Bonchev–Trinajstić information content (AvgIpc) is 2.26. The Morgan fingerprint density at radius 1 is 1.38 bits per heavy atom. The Balaban J connectivity index is 2.04. The van der Waals surface area contributed by atoms with Gasteiger partial charge < -0.3 is 10.2 Å². The van der Waals surface area contributed by atoms with Gasteiger partial charge in [0, 0.05) is 13.1 Å². The lowest BCUT2D eigenvalue weighted by Gasteiger charge is -2.43. The maximum Gasteiger partial charge on any atom is 0.228 e. The zero-order valence-electron chi connectivity index (χ0n) is 10.6. The summed E-state index contributed by atoms with van der Waals surface area (Å²) < 4.78 is 0. The highest BCUT2D eigenvalue weighted by Gasteiger charge is 2.41. The zero-order valence-corrected chi connectivity index (χ0v) is 10.6. The molecule has 0 aromatic carbocycles. The Bertz CT molecular complexity index is 255. The lowest BCUT2D eigenvalue weighted by molar-refractivity contribution is -0.146. The topological polar surface area (TPSA) is 32.3 Å². The van der Waals surface area contributed by atoms with Gasteiger partial charge in [0.25, 0.3) is 0 Å². The second-order valence-corrected chi connectivity index (χ2v) is 5.38. The Labute approximate surface area is 98.6 Å². The van der Waals surface area contributed by atoms with E-state index in [1.54, 1.807) is 0 Å². The van der Waals surface area contributed by atoms with Gasteiger partial charge in [-0.25, -0.2) is 0 Å². The molecular weight excluding hydrogens is 200 g/mol. The summed E-state index contributed by atoms with van der Waals surface area (Å²) in [5.41, 5.74) is -0.0599. The molecule has 92 valence electrons. The molecule has 1 aliphatic carbocycles. The lowest BCUT2D eigenvalue weighted by Crippen LogP contribution is -2.52. The van der Waals surface area contributed by atoms with Crippen molar-refractivity contribution >= 4 is 5.91 Å². The summed E-state index contributed by atoms with van der Waals surface area (Å²) in [4.78, 5) is 14.6. The molecule has 0 atom stereocenters. The van der Waals surface area contributed by atoms with Gasteiger partial charge in [0.1, 0.15) is 0 Å². The number of nitrogens with zero attached hydrogens (tertiary/aromatic N) is 1. The largest absolute Gasteiger partial charge is 0.342 e. The van der Waals surface area contributed by atoms with Crippen LogP contribution >= 0.6 is 0 Å². The van der Waals surface area contributed by atoms with Crippen LogP contribution in [-0.2, 0) is 4.79 Å². The van der Waals surface area contributed by atoms with Crippen LogP contribution in [0.4, 0.5) is 0 Å². The molecule has 1 N–H and O–H groups in total. The van der Waals surface area contributed by atoms with Crippen LogP contribution in [0.5, 0.6) is 0 Å². The summed E-state index contributed by atoms with van der Waals surface area (Å²) in [6, 6.07) is 0.533. The Morgan fingerprint density at radius 3 is 2.44 bits per heavy atom. The van der Waals surface area contributed by atoms with Gasteiger partial charge >= 0.3 is 0 Å². The second kappa shape index (κ2) is 4.74. The summed E-state index contributed by atoms with van der Waals surface area (Å²) in [6.45, 7) is 4.16. The number of rotatable bonds is 3. The average molecular weight is 224 g/mol. The highest BCUT2D eigenvalue weighted by atomic mass is 16.2. The molecule has 0 aromatic heterocycles. The highest BCUT2D eigenvalue weighted by molar-refractivity contribution is 5.83. The lowest BCUT2D eigenvalue weighted by atomic mass is 9.74. The van der Waals surface area contributed by atoms with Crippen molar-refractivity contribution in [1.29, 1.82) is 0 Å². The quantitative estimate of drug-likeness (QED) is 0.792. The normalized spacial score (nSPS) is 24.9. The molecule has 1 saturated heterocycles. The van der Waals surface area contributed by atoms with Gasteiger partial charge in [-0.3, -0.25) is 4.79 Å². The van der Waals surface area contributed by atoms with Gasteiger partial charge in [-0.05, 0) is 51.6 Å². The third kappa shape index (κ3) is 1.97. The van der Waals surface area contributed by atoms with E-state index in [-0.39, 0.29) is 5.41 Å². The maximum atomic E-state index is 12.6. The highest BCUT2D eigenvalue weighted by Crippen LogP contribution is 2.36. The van der Waals surface area contributed by atoms with Crippen molar-refractivity contribution in [2.24, 2.45) is 5.41 Å². The second-order valence-electron chi connectivity index (χ2n) is 5.38. The molecule has 1 amide bonds. The number of carbonyl (C=O) groups is 1. The van der Waals surface area contributed by atoms with Crippen LogP contribution in [0.1, 0.15) is 45.4 Å². The first kappa shape index (κ1) is 11.9. The zero-order chi connectivity index (χ0) is 11.6. The molecule has 1 heterocycles. The predicted molar refractivity (Wildman–Crippen MR) is 65.2 cm³/mol. The molecule has 3 nitrogen and oxygen atoms in total. The van der Waals surface area contributed by atoms with Gasteiger partial charge in [-0.15, -0.1) is 0 Å². The van der Waals surface area contributed by atoms with Gasteiger partial charge in [0.05, 0.1) is 5.41 Å². The van der Waals surface area contributed by atoms with E-state index in [1.165, 1.54) is 19.3 Å². The monoisotopic (exact) mass is 224 g/mol. The molecule has 0 radical (unpaired) electrons. The van der Waals surface area contributed by atoms with Gasteiger partial charge in [0.2, 0.25) is 5.91 Å². The minimum absolute atomic E-state index is 0.0599. The molecule has 2 rings (SSSR count). The fourth-order valence-electron chi connectivity index (χ4n) is 2.94. The van der Waals surface area contributed by atoms with Crippen molar-refractivity contribution in [3.63, 3.8) is 0 Å². The van der Waals surface area contributed by atoms with Crippen molar-refractivity contribution < 1.29 is 4.79 Å². The molecule has 16 heavy (non-hydrogen) atoms. The van der Waals surface area contributed by atoms with E-state index < -0.39 is 0 Å². The molecule has 0 spiro atoms. The van der Waals surface area contributed by atoms with Crippen LogP contribution in [0.3, 0.4) is 0 Å². The Kier molecular flexibility index (Phi) is 3.53. The van der Waals surface area contributed by atoms with Crippen molar-refractivity contribution in [3.05, 3.63) is 0 Å². The van der Waals surface area contributed by atoms with E-state index in [1.807, 2.05) is 11.9 Å². The van der Waals surface area contributed by atoms with E-state index in [0.717, 1.165) is 32.4 Å². The number of hydrogen-bond donors (Lipinski definition) is 1. The number of carbonyl (C=O) groups excluding carboxylic acids is 1. The van der Waals surface area contributed by atoms with Crippen LogP contribution in [0.15, 0.2) is 0 Å². The fraction of sp³-hybridized carbons (Fsp3) is 0.923. The van der Waals surface area contributed by atoms with E-state index in [4.69, 9.17) is 0 Å². The standard InChI is InChI=1S/C13H24N2O/c1-3-13(7-9-14-10-8-13)12(16)15(2)11-5-4-6-11/h11,14H,3-10H2,1-2H3. The number of piperidine rings is 1. The molecule has 0 bridgehead atoms. The summed E-state index contributed by atoms with van der Waals surface area (Å²) in [6.07, 6.45) is 6.73. The van der Waals surface area contributed by atoms with Crippen LogP contribution in [0.2, 0.25) is 0 Å². The molecule has 0 aromatic rings. The maximum absolute atomic E-state index is 12.6. The van der Waals surface area contributed by atoms with Crippen LogP contribution in [0, 0.1) is 5.41 Å².